The minimum atomic E-state index is -0.304. The molecule has 0 spiro atoms. The molecule has 0 radical (unpaired) electrons. The molecular weight excluding hydrogens is 206 g/mol. The maximum absolute atomic E-state index is 11.2. The summed E-state index contributed by atoms with van der Waals surface area (Å²) in [5.41, 5.74) is 0.494. The summed E-state index contributed by atoms with van der Waals surface area (Å²) in [6.45, 7) is 9.02. The molecule has 0 aromatic heterocycles. The summed E-state index contributed by atoms with van der Waals surface area (Å²) < 4.78 is 10.1. The topological polar surface area (TPSA) is 47.6 Å². The molecule has 1 rings (SSSR count). The summed E-state index contributed by atoms with van der Waals surface area (Å²) in [5, 5.41) is 3.24. The minimum Gasteiger partial charge on any atom is -0.463 e. The van der Waals surface area contributed by atoms with Crippen LogP contribution in [0.4, 0.5) is 0 Å². The number of ether oxygens (including phenoxy) is 2. The fraction of sp³-hybridized carbons (Fsp3) is 0.750. The van der Waals surface area contributed by atoms with Crippen LogP contribution in [0.2, 0.25) is 0 Å². The highest BCUT2D eigenvalue weighted by atomic mass is 16.5. The van der Waals surface area contributed by atoms with E-state index in [9.17, 15) is 4.79 Å². The second-order valence-electron chi connectivity index (χ2n) is 4.01. The van der Waals surface area contributed by atoms with Crippen molar-refractivity contribution in [1.29, 1.82) is 0 Å². The first-order valence-corrected chi connectivity index (χ1v) is 5.87. The number of rotatable bonds is 6. The molecule has 1 heterocycles. The van der Waals surface area contributed by atoms with E-state index >= 15 is 0 Å². The van der Waals surface area contributed by atoms with Gasteiger partial charge < -0.3 is 14.8 Å². The van der Waals surface area contributed by atoms with Crippen LogP contribution in [-0.2, 0) is 14.3 Å². The normalized spacial score (nSPS) is 17.1. The molecule has 4 heteroatoms. The van der Waals surface area contributed by atoms with Gasteiger partial charge in [-0.05, 0) is 32.2 Å². The monoisotopic (exact) mass is 227 g/mol. The van der Waals surface area contributed by atoms with Crippen LogP contribution in [0.25, 0.3) is 0 Å². The van der Waals surface area contributed by atoms with Crippen molar-refractivity contribution in [2.45, 2.75) is 19.8 Å². The molecule has 1 aliphatic heterocycles. The Bertz CT molecular complexity index is 234. The molecule has 0 saturated carbocycles. The zero-order chi connectivity index (χ0) is 11.8. The van der Waals surface area contributed by atoms with Crippen LogP contribution in [0.15, 0.2) is 12.2 Å². The van der Waals surface area contributed by atoms with E-state index in [4.69, 9.17) is 9.47 Å². The lowest BCUT2D eigenvalue weighted by atomic mass is 10.0. The molecule has 0 aromatic rings. The average molecular weight is 227 g/mol. The van der Waals surface area contributed by atoms with Crippen molar-refractivity contribution in [3.8, 4) is 0 Å². The van der Waals surface area contributed by atoms with Crippen molar-refractivity contribution in [3.05, 3.63) is 12.2 Å². The Hall–Kier alpha value is -0.870. The maximum atomic E-state index is 11.2. The largest absolute Gasteiger partial charge is 0.463 e. The lowest BCUT2D eigenvalue weighted by Gasteiger charge is -2.22. The number of carbonyl (C=O) groups is 1. The SMILES string of the molecule is C=C(CNCC1CCOCC1)C(=O)OCC. The molecule has 16 heavy (non-hydrogen) atoms. The highest BCUT2D eigenvalue weighted by Crippen LogP contribution is 2.13. The maximum Gasteiger partial charge on any atom is 0.334 e. The zero-order valence-electron chi connectivity index (χ0n) is 9.96. The molecule has 92 valence electrons. The molecular formula is C12H21NO3. The van der Waals surface area contributed by atoms with Gasteiger partial charge in [0.15, 0.2) is 0 Å². The minimum absolute atomic E-state index is 0.304. The summed E-state index contributed by atoms with van der Waals surface area (Å²) in [5.74, 6) is 0.353. The molecule has 1 fully saturated rings. The second kappa shape index (κ2) is 7.41. The molecule has 0 unspecified atom stereocenters. The van der Waals surface area contributed by atoms with Crippen LogP contribution in [0, 0.1) is 5.92 Å². The van der Waals surface area contributed by atoms with E-state index in [1.807, 2.05) is 0 Å². The number of esters is 1. The van der Waals surface area contributed by atoms with E-state index in [1.54, 1.807) is 6.92 Å². The van der Waals surface area contributed by atoms with Gasteiger partial charge in [-0.2, -0.15) is 0 Å². The number of nitrogens with one attached hydrogen (secondary N) is 1. The predicted molar refractivity (Wildman–Crippen MR) is 62.2 cm³/mol. The van der Waals surface area contributed by atoms with Gasteiger partial charge in [0.05, 0.1) is 6.61 Å². The van der Waals surface area contributed by atoms with Crippen molar-refractivity contribution < 1.29 is 14.3 Å². The molecule has 1 aliphatic rings. The summed E-state index contributed by atoms with van der Waals surface area (Å²) in [6.07, 6.45) is 2.19. The van der Waals surface area contributed by atoms with Gasteiger partial charge in [-0.15, -0.1) is 0 Å². The van der Waals surface area contributed by atoms with Crippen molar-refractivity contribution in [2.24, 2.45) is 5.92 Å². The third kappa shape index (κ3) is 4.77. The third-order valence-electron chi connectivity index (χ3n) is 2.68. The van der Waals surface area contributed by atoms with E-state index in [2.05, 4.69) is 11.9 Å². The summed E-state index contributed by atoms with van der Waals surface area (Å²) in [4.78, 5) is 11.2. The van der Waals surface area contributed by atoms with E-state index in [0.717, 1.165) is 32.6 Å². The van der Waals surface area contributed by atoms with E-state index in [1.165, 1.54) is 0 Å². The van der Waals surface area contributed by atoms with Crippen LogP contribution in [0.3, 0.4) is 0 Å². The first kappa shape index (κ1) is 13.2. The van der Waals surface area contributed by atoms with Crippen molar-refractivity contribution in [3.63, 3.8) is 0 Å². The van der Waals surface area contributed by atoms with Crippen molar-refractivity contribution in [2.75, 3.05) is 32.9 Å². The Morgan fingerprint density at radius 3 is 2.81 bits per heavy atom. The van der Waals surface area contributed by atoms with Crippen LogP contribution >= 0.6 is 0 Å². The first-order chi connectivity index (χ1) is 7.74. The molecule has 1 N–H and O–H groups in total. The fourth-order valence-electron chi connectivity index (χ4n) is 1.68. The van der Waals surface area contributed by atoms with Gasteiger partial charge in [0, 0.05) is 25.3 Å². The lowest BCUT2D eigenvalue weighted by molar-refractivity contribution is -0.138. The van der Waals surface area contributed by atoms with Crippen LogP contribution in [0.1, 0.15) is 19.8 Å². The zero-order valence-corrected chi connectivity index (χ0v) is 9.96. The van der Waals surface area contributed by atoms with E-state index in [0.29, 0.717) is 24.6 Å². The quantitative estimate of drug-likeness (QED) is 0.545. The average Bonchev–Trinajstić information content (AvgIpc) is 2.30. The highest BCUT2D eigenvalue weighted by molar-refractivity contribution is 5.88. The number of carbonyl (C=O) groups excluding carboxylic acids is 1. The molecule has 1 saturated heterocycles. The van der Waals surface area contributed by atoms with Gasteiger partial charge in [-0.25, -0.2) is 4.79 Å². The highest BCUT2D eigenvalue weighted by Gasteiger charge is 2.14. The van der Waals surface area contributed by atoms with Gasteiger partial charge >= 0.3 is 5.97 Å². The summed E-state index contributed by atoms with van der Waals surface area (Å²) in [6, 6.07) is 0. The summed E-state index contributed by atoms with van der Waals surface area (Å²) >= 11 is 0. The van der Waals surface area contributed by atoms with Gasteiger partial charge in [-0.3, -0.25) is 0 Å². The van der Waals surface area contributed by atoms with Crippen molar-refractivity contribution >= 4 is 5.97 Å². The van der Waals surface area contributed by atoms with Crippen molar-refractivity contribution in [1.82, 2.24) is 5.32 Å². The van der Waals surface area contributed by atoms with Gasteiger partial charge in [0.25, 0.3) is 0 Å². The lowest BCUT2D eigenvalue weighted by Crippen LogP contribution is -2.30. The molecule has 0 aromatic carbocycles. The number of hydrogen-bond donors (Lipinski definition) is 1. The Kier molecular flexibility index (Phi) is 6.11. The van der Waals surface area contributed by atoms with Gasteiger partial charge in [0.1, 0.15) is 0 Å². The first-order valence-electron chi connectivity index (χ1n) is 5.87. The van der Waals surface area contributed by atoms with E-state index in [-0.39, 0.29) is 5.97 Å². The fourth-order valence-corrected chi connectivity index (χ4v) is 1.68. The Morgan fingerprint density at radius 2 is 2.19 bits per heavy atom. The Balaban J connectivity index is 2.09. The van der Waals surface area contributed by atoms with Crippen LogP contribution < -0.4 is 5.32 Å². The second-order valence-corrected chi connectivity index (χ2v) is 4.01. The molecule has 0 amide bonds. The van der Waals surface area contributed by atoms with Crippen LogP contribution in [0.5, 0.6) is 0 Å². The number of hydrogen-bond acceptors (Lipinski definition) is 4. The molecule has 0 atom stereocenters. The molecule has 4 nitrogen and oxygen atoms in total. The smallest absolute Gasteiger partial charge is 0.334 e. The standard InChI is InChI=1S/C12H21NO3/c1-3-16-12(14)10(2)8-13-9-11-4-6-15-7-5-11/h11,13H,2-9H2,1H3. The Labute approximate surface area is 97.0 Å². The molecule has 0 aliphatic carbocycles. The Morgan fingerprint density at radius 1 is 1.50 bits per heavy atom. The van der Waals surface area contributed by atoms with E-state index < -0.39 is 0 Å². The molecule has 0 bridgehead atoms. The van der Waals surface area contributed by atoms with Gasteiger partial charge in [0.2, 0.25) is 0 Å². The third-order valence-corrected chi connectivity index (χ3v) is 2.68. The predicted octanol–water partition coefficient (Wildman–Crippen LogP) is 1.12. The van der Waals surface area contributed by atoms with Gasteiger partial charge in [-0.1, -0.05) is 6.58 Å². The summed E-state index contributed by atoms with van der Waals surface area (Å²) in [7, 11) is 0. The van der Waals surface area contributed by atoms with Crippen LogP contribution in [-0.4, -0.2) is 38.9 Å².